The molecule has 0 aliphatic carbocycles. The van der Waals surface area contributed by atoms with Gasteiger partial charge in [0.15, 0.2) is 0 Å². The van der Waals surface area contributed by atoms with Crippen molar-refractivity contribution in [2.45, 2.75) is 38.6 Å². The number of aliphatic hydroxyl groups excluding tert-OH is 1. The van der Waals surface area contributed by atoms with Gasteiger partial charge < -0.3 is 5.11 Å². The van der Waals surface area contributed by atoms with E-state index in [4.69, 9.17) is 0 Å². The lowest BCUT2D eigenvalue weighted by atomic mass is 9.82. The lowest BCUT2D eigenvalue weighted by molar-refractivity contribution is 0.139. The first-order valence-electron chi connectivity index (χ1n) is 6.95. The molecule has 0 amide bonds. The van der Waals surface area contributed by atoms with Crippen LogP contribution in [0.5, 0.6) is 0 Å². The van der Waals surface area contributed by atoms with Crippen molar-refractivity contribution in [3.8, 4) is 0 Å². The van der Waals surface area contributed by atoms with E-state index in [0.717, 1.165) is 19.0 Å². The van der Waals surface area contributed by atoms with Gasteiger partial charge in [0, 0.05) is 24.5 Å². The van der Waals surface area contributed by atoms with Gasteiger partial charge in [-0.05, 0) is 24.8 Å². The second-order valence-corrected chi connectivity index (χ2v) is 6.20. The maximum atomic E-state index is 9.82. The molecule has 0 bridgehead atoms. The minimum absolute atomic E-state index is 0.153. The maximum absolute atomic E-state index is 9.82. The molecule has 1 N–H and O–H groups in total. The van der Waals surface area contributed by atoms with Gasteiger partial charge in [-0.15, -0.1) is 0 Å². The standard InChI is InChI=1S/C16H25NO/c1-13-9-14(2)17(10-13)11-16(3,12-18)15-7-5-4-6-8-15/h4-8,13-14,18H,9-12H2,1-3H3. The first kappa shape index (κ1) is 13.6. The monoisotopic (exact) mass is 247 g/mol. The van der Waals surface area contributed by atoms with Gasteiger partial charge in [0.2, 0.25) is 0 Å². The number of hydrogen-bond acceptors (Lipinski definition) is 2. The van der Waals surface area contributed by atoms with Crippen LogP contribution in [0.2, 0.25) is 0 Å². The van der Waals surface area contributed by atoms with E-state index < -0.39 is 0 Å². The smallest absolute Gasteiger partial charge is 0.0537 e. The summed E-state index contributed by atoms with van der Waals surface area (Å²) in [4.78, 5) is 2.52. The molecule has 0 radical (unpaired) electrons. The largest absolute Gasteiger partial charge is 0.395 e. The third kappa shape index (κ3) is 2.76. The molecule has 0 saturated carbocycles. The highest BCUT2D eigenvalue weighted by molar-refractivity contribution is 5.25. The van der Waals surface area contributed by atoms with Crippen molar-refractivity contribution < 1.29 is 5.11 Å². The van der Waals surface area contributed by atoms with Crippen molar-refractivity contribution >= 4 is 0 Å². The van der Waals surface area contributed by atoms with Crippen LogP contribution >= 0.6 is 0 Å². The Labute approximate surface area is 111 Å². The number of hydrogen-bond donors (Lipinski definition) is 1. The normalized spacial score (nSPS) is 28.2. The second-order valence-electron chi connectivity index (χ2n) is 6.20. The van der Waals surface area contributed by atoms with Crippen LogP contribution in [0.3, 0.4) is 0 Å². The molecule has 1 saturated heterocycles. The summed E-state index contributed by atoms with van der Waals surface area (Å²) in [6.45, 7) is 9.08. The Morgan fingerprint density at radius 2 is 1.94 bits per heavy atom. The summed E-state index contributed by atoms with van der Waals surface area (Å²) < 4.78 is 0. The summed E-state index contributed by atoms with van der Waals surface area (Å²) >= 11 is 0. The van der Waals surface area contributed by atoms with Crippen molar-refractivity contribution in [1.29, 1.82) is 0 Å². The van der Waals surface area contributed by atoms with Gasteiger partial charge in [-0.1, -0.05) is 44.2 Å². The maximum Gasteiger partial charge on any atom is 0.0537 e. The van der Waals surface area contributed by atoms with Gasteiger partial charge in [-0.3, -0.25) is 4.90 Å². The topological polar surface area (TPSA) is 23.5 Å². The highest BCUT2D eigenvalue weighted by Gasteiger charge is 2.34. The molecular formula is C16H25NO. The zero-order valence-electron chi connectivity index (χ0n) is 11.8. The van der Waals surface area contributed by atoms with E-state index in [2.05, 4.69) is 49.9 Å². The molecule has 2 nitrogen and oxygen atoms in total. The minimum atomic E-state index is -0.153. The Hall–Kier alpha value is -0.860. The lowest BCUT2D eigenvalue weighted by Gasteiger charge is -2.34. The predicted octanol–water partition coefficient (Wildman–Crippen LogP) is 2.67. The summed E-state index contributed by atoms with van der Waals surface area (Å²) in [5.41, 5.74) is 1.08. The Morgan fingerprint density at radius 1 is 1.28 bits per heavy atom. The van der Waals surface area contributed by atoms with Gasteiger partial charge >= 0.3 is 0 Å². The molecule has 1 fully saturated rings. The van der Waals surface area contributed by atoms with Crippen LogP contribution in [0.1, 0.15) is 32.8 Å². The van der Waals surface area contributed by atoms with E-state index in [0.29, 0.717) is 6.04 Å². The number of aliphatic hydroxyl groups is 1. The highest BCUT2D eigenvalue weighted by atomic mass is 16.3. The molecule has 2 heteroatoms. The van der Waals surface area contributed by atoms with Crippen molar-refractivity contribution in [3.63, 3.8) is 0 Å². The van der Waals surface area contributed by atoms with Crippen molar-refractivity contribution in [1.82, 2.24) is 4.90 Å². The molecule has 0 aromatic heterocycles. The first-order valence-corrected chi connectivity index (χ1v) is 6.95. The van der Waals surface area contributed by atoms with Crippen molar-refractivity contribution in [2.75, 3.05) is 19.7 Å². The van der Waals surface area contributed by atoms with Crippen LogP contribution in [0.15, 0.2) is 30.3 Å². The number of likely N-dealkylation sites (tertiary alicyclic amines) is 1. The molecule has 18 heavy (non-hydrogen) atoms. The fourth-order valence-electron chi connectivity index (χ4n) is 3.13. The van der Waals surface area contributed by atoms with Crippen molar-refractivity contribution in [3.05, 3.63) is 35.9 Å². The molecule has 1 aliphatic rings. The van der Waals surface area contributed by atoms with Gasteiger partial charge in [0.05, 0.1) is 6.61 Å². The summed E-state index contributed by atoms with van der Waals surface area (Å²) in [5, 5.41) is 9.82. The molecule has 3 atom stereocenters. The minimum Gasteiger partial charge on any atom is -0.395 e. The van der Waals surface area contributed by atoms with E-state index in [1.54, 1.807) is 0 Å². The molecule has 100 valence electrons. The summed E-state index contributed by atoms with van der Waals surface area (Å²) in [7, 11) is 0. The number of rotatable bonds is 4. The fraction of sp³-hybridized carbons (Fsp3) is 0.625. The van der Waals surface area contributed by atoms with E-state index in [9.17, 15) is 5.11 Å². The Kier molecular flexibility index (Phi) is 4.08. The lowest BCUT2D eigenvalue weighted by Crippen LogP contribution is -2.43. The molecule has 1 aliphatic heterocycles. The SMILES string of the molecule is CC1CC(C)N(CC(C)(CO)c2ccccc2)C1. The molecule has 2 rings (SSSR count). The Balaban J connectivity index is 2.14. The Morgan fingerprint density at radius 3 is 2.44 bits per heavy atom. The van der Waals surface area contributed by atoms with Crippen LogP contribution in [0.4, 0.5) is 0 Å². The third-order valence-electron chi connectivity index (χ3n) is 4.28. The van der Waals surface area contributed by atoms with E-state index >= 15 is 0 Å². The van der Waals surface area contributed by atoms with Crippen LogP contribution in [-0.4, -0.2) is 35.7 Å². The quantitative estimate of drug-likeness (QED) is 0.884. The van der Waals surface area contributed by atoms with E-state index in [1.165, 1.54) is 12.0 Å². The summed E-state index contributed by atoms with van der Waals surface area (Å²) in [6, 6.07) is 11.0. The van der Waals surface area contributed by atoms with Crippen molar-refractivity contribution in [2.24, 2.45) is 5.92 Å². The molecule has 1 heterocycles. The van der Waals surface area contributed by atoms with Crippen LogP contribution in [-0.2, 0) is 5.41 Å². The van der Waals surface area contributed by atoms with Gasteiger partial charge in [0.1, 0.15) is 0 Å². The predicted molar refractivity (Wildman–Crippen MR) is 75.7 cm³/mol. The average Bonchev–Trinajstić information content (AvgIpc) is 2.68. The number of nitrogens with zero attached hydrogens (tertiary/aromatic N) is 1. The zero-order valence-corrected chi connectivity index (χ0v) is 11.8. The van der Waals surface area contributed by atoms with Crippen LogP contribution in [0.25, 0.3) is 0 Å². The third-order valence-corrected chi connectivity index (χ3v) is 4.28. The van der Waals surface area contributed by atoms with Gasteiger partial charge in [-0.25, -0.2) is 0 Å². The molecule has 1 aromatic rings. The van der Waals surface area contributed by atoms with Gasteiger partial charge in [-0.2, -0.15) is 0 Å². The first-order chi connectivity index (χ1) is 8.55. The van der Waals surface area contributed by atoms with Crippen LogP contribution in [0, 0.1) is 5.92 Å². The van der Waals surface area contributed by atoms with Crippen LogP contribution < -0.4 is 0 Å². The zero-order chi connectivity index (χ0) is 13.2. The fourth-order valence-corrected chi connectivity index (χ4v) is 3.13. The second kappa shape index (κ2) is 5.41. The van der Waals surface area contributed by atoms with Gasteiger partial charge in [0.25, 0.3) is 0 Å². The molecule has 1 aromatic carbocycles. The van der Waals surface area contributed by atoms with E-state index in [1.807, 2.05) is 6.07 Å². The highest BCUT2D eigenvalue weighted by Crippen LogP contribution is 2.30. The number of benzene rings is 1. The van der Waals surface area contributed by atoms with E-state index in [-0.39, 0.29) is 12.0 Å². The summed E-state index contributed by atoms with van der Waals surface area (Å²) in [6.07, 6.45) is 1.27. The molecule has 3 unspecified atom stereocenters. The summed E-state index contributed by atoms with van der Waals surface area (Å²) in [5.74, 6) is 0.777. The molecular weight excluding hydrogens is 222 g/mol. The molecule has 0 spiro atoms. The average molecular weight is 247 g/mol. The Bertz CT molecular complexity index is 378.